The first-order valence-electron chi connectivity index (χ1n) is 19.0. The Morgan fingerprint density at radius 2 is 1.16 bits per heavy atom. The predicted octanol–water partition coefficient (Wildman–Crippen LogP) is 13.4. The van der Waals surface area contributed by atoms with E-state index >= 15 is 0 Å². The smallest absolute Gasteiger partial charge is 0.145 e. The van der Waals surface area contributed by atoms with Crippen molar-refractivity contribution >= 4 is 60.5 Å². The number of hydrogen-bond acceptors (Lipinski definition) is 2. The van der Waals surface area contributed by atoms with Crippen molar-refractivity contribution in [3.63, 3.8) is 0 Å². The van der Waals surface area contributed by atoms with Crippen molar-refractivity contribution < 1.29 is 0 Å². The maximum absolute atomic E-state index is 5.55. The summed E-state index contributed by atoms with van der Waals surface area (Å²) in [5.41, 5.74) is 13.4. The molecule has 11 rings (SSSR count). The Kier molecular flexibility index (Phi) is 7.02. The monoisotopic (exact) mass is 704 g/mol. The molecule has 260 valence electrons. The standard InChI is InChI=1S/C51H36N4/c1-32-30-33(2)50(52-42-24-14-12-22-38(32)42)54-44-29-28-40-39-23-13-15-25-43(39)55-49(48(35-18-8-4-9-19-35)53-51(55)36-20-10-5-11-21-36)47(40)46(44)41-27-26-37(31-45(41)54)34-16-6-3-7-17-34/h3-32H,1-2H3. The average molecular weight is 705 g/mol. The first-order valence-corrected chi connectivity index (χ1v) is 19.0. The van der Waals surface area contributed by atoms with Crippen LogP contribution >= 0.6 is 0 Å². The van der Waals surface area contributed by atoms with Crippen LogP contribution in [-0.4, -0.2) is 19.8 Å². The van der Waals surface area contributed by atoms with Gasteiger partial charge >= 0.3 is 0 Å². The molecule has 1 aliphatic rings. The largest absolute Gasteiger partial charge is 0.294 e. The van der Waals surface area contributed by atoms with E-state index in [2.05, 4.69) is 199 Å². The van der Waals surface area contributed by atoms with E-state index in [1.165, 1.54) is 43.6 Å². The molecule has 0 fully saturated rings. The van der Waals surface area contributed by atoms with E-state index in [0.717, 1.165) is 61.8 Å². The van der Waals surface area contributed by atoms with Gasteiger partial charge in [0.05, 0.1) is 33.4 Å². The maximum atomic E-state index is 5.55. The predicted molar refractivity (Wildman–Crippen MR) is 231 cm³/mol. The highest BCUT2D eigenvalue weighted by Crippen LogP contribution is 2.46. The number of aromatic nitrogens is 3. The third-order valence-corrected chi connectivity index (χ3v) is 11.4. The van der Waals surface area contributed by atoms with E-state index in [1.54, 1.807) is 0 Å². The van der Waals surface area contributed by atoms with Crippen molar-refractivity contribution in [2.75, 3.05) is 0 Å². The van der Waals surface area contributed by atoms with Crippen LogP contribution in [0.1, 0.15) is 25.3 Å². The van der Waals surface area contributed by atoms with Crippen molar-refractivity contribution in [1.29, 1.82) is 0 Å². The average Bonchev–Trinajstić information content (AvgIpc) is 3.77. The van der Waals surface area contributed by atoms with Crippen molar-refractivity contribution in [3.05, 3.63) is 187 Å². The molecule has 0 aliphatic carbocycles. The molecule has 0 bridgehead atoms. The number of aliphatic imine (C=N–C) groups is 1. The summed E-state index contributed by atoms with van der Waals surface area (Å²) in [4.78, 5) is 11.1. The first kappa shape index (κ1) is 31.5. The van der Waals surface area contributed by atoms with Crippen LogP contribution in [0.15, 0.2) is 186 Å². The van der Waals surface area contributed by atoms with Gasteiger partial charge in [-0.25, -0.2) is 9.98 Å². The van der Waals surface area contributed by atoms with Crippen LogP contribution in [0.2, 0.25) is 0 Å². The van der Waals surface area contributed by atoms with E-state index in [-0.39, 0.29) is 5.92 Å². The molecule has 0 radical (unpaired) electrons. The lowest BCUT2D eigenvalue weighted by Crippen LogP contribution is -2.13. The summed E-state index contributed by atoms with van der Waals surface area (Å²) in [5, 5.41) is 5.95. The zero-order valence-corrected chi connectivity index (χ0v) is 30.6. The lowest BCUT2D eigenvalue weighted by molar-refractivity contribution is 0.965. The molecule has 0 spiro atoms. The van der Waals surface area contributed by atoms with Gasteiger partial charge in [-0.15, -0.1) is 0 Å². The Morgan fingerprint density at radius 3 is 1.95 bits per heavy atom. The summed E-state index contributed by atoms with van der Waals surface area (Å²) in [6, 6.07) is 60.9. The number of imidazole rings is 1. The van der Waals surface area contributed by atoms with Crippen molar-refractivity contribution in [3.8, 4) is 33.8 Å². The van der Waals surface area contributed by atoms with Gasteiger partial charge in [0.1, 0.15) is 11.7 Å². The molecule has 1 unspecified atom stereocenters. The quantitative estimate of drug-likeness (QED) is 0.169. The normalized spacial score (nSPS) is 14.4. The molecule has 0 N–H and O–H groups in total. The van der Waals surface area contributed by atoms with Gasteiger partial charge < -0.3 is 0 Å². The van der Waals surface area contributed by atoms with E-state index in [0.29, 0.717) is 0 Å². The zero-order valence-electron chi connectivity index (χ0n) is 30.6. The molecule has 10 aromatic rings. The third-order valence-electron chi connectivity index (χ3n) is 11.4. The van der Waals surface area contributed by atoms with Gasteiger partial charge in [-0.05, 0) is 58.8 Å². The van der Waals surface area contributed by atoms with Gasteiger partial charge in [-0.3, -0.25) is 8.97 Å². The molecular formula is C51H36N4. The van der Waals surface area contributed by atoms with Crippen LogP contribution in [-0.2, 0) is 0 Å². The summed E-state index contributed by atoms with van der Waals surface area (Å²) in [7, 11) is 0. The molecular weight excluding hydrogens is 669 g/mol. The van der Waals surface area contributed by atoms with Crippen LogP contribution < -0.4 is 0 Å². The molecule has 0 amide bonds. The van der Waals surface area contributed by atoms with E-state index < -0.39 is 0 Å². The minimum atomic E-state index is 0.230. The van der Waals surface area contributed by atoms with Gasteiger partial charge in [-0.1, -0.05) is 159 Å². The van der Waals surface area contributed by atoms with Crippen LogP contribution in [0.5, 0.6) is 0 Å². The number of para-hydroxylation sites is 2. The molecule has 0 saturated carbocycles. The van der Waals surface area contributed by atoms with Crippen molar-refractivity contribution in [2.24, 2.45) is 4.99 Å². The van der Waals surface area contributed by atoms with Crippen molar-refractivity contribution in [2.45, 2.75) is 19.8 Å². The van der Waals surface area contributed by atoms with Gasteiger partial charge in [0, 0.05) is 38.6 Å². The minimum Gasteiger partial charge on any atom is -0.294 e. The van der Waals surface area contributed by atoms with Crippen LogP contribution in [0.4, 0.5) is 5.69 Å². The Labute approximate surface area is 319 Å². The van der Waals surface area contributed by atoms with Crippen LogP contribution in [0.3, 0.4) is 0 Å². The summed E-state index contributed by atoms with van der Waals surface area (Å²) in [5.74, 6) is 2.10. The number of fused-ring (bicyclic) bond motifs is 11. The topological polar surface area (TPSA) is 34.6 Å². The number of allylic oxidation sites excluding steroid dienone is 2. The van der Waals surface area contributed by atoms with Crippen LogP contribution in [0, 0.1) is 0 Å². The molecule has 3 aromatic heterocycles. The molecule has 7 aromatic carbocycles. The zero-order chi connectivity index (χ0) is 36.6. The Hall–Kier alpha value is -7.04. The maximum Gasteiger partial charge on any atom is 0.145 e. The molecule has 4 heteroatoms. The number of nitrogens with zero attached hydrogens (tertiary/aromatic N) is 4. The Balaban J connectivity index is 1.37. The summed E-state index contributed by atoms with van der Waals surface area (Å²) < 4.78 is 4.82. The number of pyridine rings is 1. The summed E-state index contributed by atoms with van der Waals surface area (Å²) in [6.07, 6.45) is 2.37. The first-order chi connectivity index (χ1) is 27.1. The van der Waals surface area contributed by atoms with Gasteiger partial charge in [0.2, 0.25) is 0 Å². The highest BCUT2D eigenvalue weighted by atomic mass is 15.1. The second-order valence-electron chi connectivity index (χ2n) is 14.7. The Bertz CT molecular complexity index is 3200. The molecule has 4 heterocycles. The minimum absolute atomic E-state index is 0.230. The lowest BCUT2D eigenvalue weighted by Gasteiger charge is -2.14. The van der Waals surface area contributed by atoms with E-state index in [4.69, 9.17) is 9.98 Å². The molecule has 4 nitrogen and oxygen atoms in total. The fourth-order valence-electron chi connectivity index (χ4n) is 8.92. The second-order valence-corrected chi connectivity index (χ2v) is 14.7. The number of benzene rings is 7. The van der Waals surface area contributed by atoms with Crippen LogP contribution in [0.25, 0.3) is 82.8 Å². The lowest BCUT2D eigenvalue weighted by atomic mass is 9.97. The third kappa shape index (κ3) is 4.78. The fourth-order valence-corrected chi connectivity index (χ4v) is 8.92. The van der Waals surface area contributed by atoms with E-state index in [1.807, 2.05) is 0 Å². The van der Waals surface area contributed by atoms with Gasteiger partial charge in [-0.2, -0.15) is 0 Å². The SMILES string of the molecule is CC1=CC(C)c2ccccc2N=C1n1c2cc(-c3ccccc3)ccc2c2c3c(ccc21)c1ccccc1n1c(-c2ccccc2)nc(-c2ccccc2)c31. The Morgan fingerprint density at radius 1 is 0.509 bits per heavy atom. The van der Waals surface area contributed by atoms with E-state index in [9.17, 15) is 0 Å². The highest BCUT2D eigenvalue weighted by Gasteiger charge is 2.26. The van der Waals surface area contributed by atoms with Gasteiger partial charge in [0.15, 0.2) is 0 Å². The molecule has 1 atom stereocenters. The number of hydrogen-bond donors (Lipinski definition) is 0. The molecule has 55 heavy (non-hydrogen) atoms. The van der Waals surface area contributed by atoms with Crippen molar-refractivity contribution in [1.82, 2.24) is 14.0 Å². The number of rotatable bonds is 3. The molecule has 1 aliphatic heterocycles. The van der Waals surface area contributed by atoms with Gasteiger partial charge in [0.25, 0.3) is 0 Å². The molecule has 0 saturated heterocycles. The fraction of sp³-hybridized carbons (Fsp3) is 0.0588. The summed E-state index contributed by atoms with van der Waals surface area (Å²) >= 11 is 0. The second kappa shape index (κ2) is 12.3. The summed E-state index contributed by atoms with van der Waals surface area (Å²) in [6.45, 7) is 4.48. The highest BCUT2D eigenvalue weighted by molar-refractivity contribution is 6.33.